The van der Waals surface area contributed by atoms with Crippen LogP contribution in [0.3, 0.4) is 0 Å². The van der Waals surface area contributed by atoms with E-state index in [0.717, 1.165) is 23.6 Å². The second kappa shape index (κ2) is 8.03. The van der Waals surface area contributed by atoms with Crippen LogP contribution in [0.1, 0.15) is 21.6 Å². The predicted octanol–water partition coefficient (Wildman–Crippen LogP) is 2.71. The first kappa shape index (κ1) is 19.5. The van der Waals surface area contributed by atoms with Crippen LogP contribution in [0.4, 0.5) is 24.9 Å². The molecule has 0 aliphatic rings. The van der Waals surface area contributed by atoms with Gasteiger partial charge in [0.05, 0.1) is 11.1 Å². The Labute approximate surface area is 149 Å². The van der Waals surface area contributed by atoms with E-state index < -0.39 is 23.2 Å². The molecule has 1 amide bonds. The van der Waals surface area contributed by atoms with E-state index in [-0.39, 0.29) is 13.1 Å². The fourth-order valence-electron chi connectivity index (χ4n) is 2.23. The van der Waals surface area contributed by atoms with E-state index in [1.807, 2.05) is 32.0 Å². The number of anilines is 2. The molecule has 1 aromatic heterocycles. The molecule has 2 N–H and O–H groups in total. The van der Waals surface area contributed by atoms with Crippen LogP contribution < -0.4 is 15.5 Å². The number of hydrogen-bond acceptors (Lipinski definition) is 5. The van der Waals surface area contributed by atoms with Crippen LogP contribution >= 0.6 is 0 Å². The normalized spacial score (nSPS) is 11.2. The minimum absolute atomic E-state index is 0.125. The Hall–Kier alpha value is -2.84. The van der Waals surface area contributed by atoms with Gasteiger partial charge in [0, 0.05) is 38.9 Å². The number of carbonyl (C=O) groups excluding carboxylic acids is 1. The number of carbonyl (C=O) groups is 1. The minimum atomic E-state index is -4.58. The summed E-state index contributed by atoms with van der Waals surface area (Å²) in [4.78, 5) is 22.4. The van der Waals surface area contributed by atoms with Crippen molar-refractivity contribution in [2.24, 2.45) is 0 Å². The number of hydrogen-bond donors (Lipinski definition) is 2. The zero-order valence-corrected chi connectivity index (χ0v) is 14.7. The molecule has 2 rings (SSSR count). The molecule has 0 radical (unpaired) electrons. The van der Waals surface area contributed by atoms with E-state index in [9.17, 15) is 18.0 Å². The number of aromatic nitrogens is 2. The second-order valence-corrected chi connectivity index (χ2v) is 5.81. The van der Waals surface area contributed by atoms with Gasteiger partial charge in [0.1, 0.15) is 5.82 Å². The monoisotopic (exact) mass is 367 g/mol. The average molecular weight is 367 g/mol. The molecule has 9 heteroatoms. The van der Waals surface area contributed by atoms with E-state index in [2.05, 4.69) is 20.6 Å². The number of nitrogens with one attached hydrogen (secondary N) is 2. The maximum Gasteiger partial charge on any atom is 0.417 e. The zero-order chi connectivity index (χ0) is 19.3. The van der Waals surface area contributed by atoms with Gasteiger partial charge in [-0.05, 0) is 19.1 Å². The summed E-state index contributed by atoms with van der Waals surface area (Å²) in [5, 5.41) is 5.41. The van der Waals surface area contributed by atoms with Crippen LogP contribution in [0, 0.1) is 6.92 Å². The standard InChI is InChI=1S/C17H20F3N5O/c1-11-10-14(25(2)3)24-16(23-11)22-9-8-21-15(26)12-6-4-5-7-13(12)17(18,19)20/h4-7,10H,8-9H2,1-3H3,(H,21,26)(H,22,23,24). The highest BCUT2D eigenvalue weighted by Gasteiger charge is 2.34. The third-order valence-electron chi connectivity index (χ3n) is 3.47. The van der Waals surface area contributed by atoms with Crippen LogP contribution in [0.15, 0.2) is 30.3 Å². The van der Waals surface area contributed by atoms with Crippen molar-refractivity contribution in [3.8, 4) is 0 Å². The molecule has 0 aliphatic carbocycles. The first-order chi connectivity index (χ1) is 12.2. The molecule has 0 saturated heterocycles. The summed E-state index contributed by atoms with van der Waals surface area (Å²) < 4.78 is 38.8. The maximum atomic E-state index is 12.9. The summed E-state index contributed by atoms with van der Waals surface area (Å²) in [5.74, 6) is 0.334. The minimum Gasteiger partial charge on any atom is -0.363 e. The molecule has 1 aromatic carbocycles. The van der Waals surface area contributed by atoms with Gasteiger partial charge in [0.15, 0.2) is 0 Å². The Balaban J connectivity index is 1.94. The van der Waals surface area contributed by atoms with Gasteiger partial charge in [-0.3, -0.25) is 4.79 Å². The third-order valence-corrected chi connectivity index (χ3v) is 3.47. The SMILES string of the molecule is Cc1cc(N(C)C)nc(NCCNC(=O)c2ccccc2C(F)(F)F)n1. The van der Waals surface area contributed by atoms with Crippen molar-refractivity contribution in [2.75, 3.05) is 37.4 Å². The highest BCUT2D eigenvalue weighted by atomic mass is 19.4. The molecular weight excluding hydrogens is 347 g/mol. The molecule has 0 atom stereocenters. The van der Waals surface area contributed by atoms with E-state index >= 15 is 0 Å². The lowest BCUT2D eigenvalue weighted by atomic mass is 10.1. The molecule has 0 aliphatic heterocycles. The number of nitrogens with zero attached hydrogens (tertiary/aromatic N) is 3. The lowest BCUT2D eigenvalue weighted by Gasteiger charge is -2.14. The van der Waals surface area contributed by atoms with Crippen LogP contribution in [0.5, 0.6) is 0 Å². The molecule has 0 spiro atoms. The molecular formula is C17H20F3N5O. The predicted molar refractivity (Wildman–Crippen MR) is 93.4 cm³/mol. The Kier molecular flexibility index (Phi) is 6.01. The quantitative estimate of drug-likeness (QED) is 0.769. The average Bonchev–Trinajstić information content (AvgIpc) is 2.57. The van der Waals surface area contributed by atoms with Gasteiger partial charge >= 0.3 is 6.18 Å². The van der Waals surface area contributed by atoms with Gasteiger partial charge in [0.2, 0.25) is 5.95 Å². The number of benzene rings is 1. The fraction of sp³-hybridized carbons (Fsp3) is 0.353. The van der Waals surface area contributed by atoms with Gasteiger partial charge in [0.25, 0.3) is 5.91 Å². The van der Waals surface area contributed by atoms with Crippen molar-refractivity contribution < 1.29 is 18.0 Å². The number of alkyl halides is 3. The van der Waals surface area contributed by atoms with Crippen molar-refractivity contribution >= 4 is 17.7 Å². The lowest BCUT2D eigenvalue weighted by Crippen LogP contribution is -2.30. The Morgan fingerprint density at radius 2 is 1.85 bits per heavy atom. The van der Waals surface area contributed by atoms with Gasteiger partial charge in [-0.2, -0.15) is 18.2 Å². The molecule has 140 valence electrons. The second-order valence-electron chi connectivity index (χ2n) is 5.81. The molecule has 0 unspecified atom stereocenters. The van der Waals surface area contributed by atoms with Gasteiger partial charge < -0.3 is 15.5 Å². The summed E-state index contributed by atoms with van der Waals surface area (Å²) in [7, 11) is 3.70. The third kappa shape index (κ3) is 5.08. The molecule has 0 saturated carbocycles. The summed E-state index contributed by atoms with van der Waals surface area (Å²) in [6.45, 7) is 2.23. The van der Waals surface area contributed by atoms with E-state index in [0.29, 0.717) is 5.95 Å². The smallest absolute Gasteiger partial charge is 0.363 e. The molecule has 26 heavy (non-hydrogen) atoms. The number of aryl methyl sites for hydroxylation is 1. The first-order valence-corrected chi connectivity index (χ1v) is 7.90. The van der Waals surface area contributed by atoms with Gasteiger partial charge in [-0.15, -0.1) is 0 Å². The summed E-state index contributed by atoms with van der Waals surface area (Å²) in [6, 6.07) is 6.50. The van der Waals surface area contributed by atoms with Crippen LogP contribution in [-0.4, -0.2) is 43.1 Å². The van der Waals surface area contributed by atoms with Crippen molar-refractivity contribution in [2.45, 2.75) is 13.1 Å². The number of halogens is 3. The highest BCUT2D eigenvalue weighted by molar-refractivity contribution is 5.95. The van der Waals surface area contributed by atoms with Gasteiger partial charge in [-0.1, -0.05) is 12.1 Å². The van der Waals surface area contributed by atoms with Gasteiger partial charge in [-0.25, -0.2) is 4.98 Å². The zero-order valence-electron chi connectivity index (χ0n) is 14.7. The summed E-state index contributed by atoms with van der Waals surface area (Å²) in [6.07, 6.45) is -4.58. The molecule has 0 bridgehead atoms. The fourth-order valence-corrected chi connectivity index (χ4v) is 2.23. The molecule has 6 nitrogen and oxygen atoms in total. The first-order valence-electron chi connectivity index (χ1n) is 7.90. The summed E-state index contributed by atoms with van der Waals surface area (Å²) in [5.41, 5.74) is -0.584. The van der Waals surface area contributed by atoms with E-state index in [4.69, 9.17) is 0 Å². The highest BCUT2D eigenvalue weighted by Crippen LogP contribution is 2.31. The Morgan fingerprint density at radius 1 is 1.15 bits per heavy atom. The van der Waals surface area contributed by atoms with Crippen molar-refractivity contribution in [3.05, 3.63) is 47.2 Å². The molecule has 1 heterocycles. The molecule has 2 aromatic rings. The van der Waals surface area contributed by atoms with Crippen molar-refractivity contribution in [3.63, 3.8) is 0 Å². The topological polar surface area (TPSA) is 70.2 Å². The Morgan fingerprint density at radius 3 is 2.50 bits per heavy atom. The number of rotatable bonds is 6. The van der Waals surface area contributed by atoms with Crippen LogP contribution in [-0.2, 0) is 6.18 Å². The molecule has 0 fully saturated rings. The lowest BCUT2D eigenvalue weighted by molar-refractivity contribution is -0.137. The number of amides is 1. The van der Waals surface area contributed by atoms with E-state index in [1.54, 1.807) is 0 Å². The van der Waals surface area contributed by atoms with Crippen LogP contribution in [0.25, 0.3) is 0 Å². The van der Waals surface area contributed by atoms with Crippen molar-refractivity contribution in [1.29, 1.82) is 0 Å². The largest absolute Gasteiger partial charge is 0.417 e. The maximum absolute atomic E-state index is 12.9. The van der Waals surface area contributed by atoms with Crippen LogP contribution in [0.2, 0.25) is 0 Å². The van der Waals surface area contributed by atoms with Crippen molar-refractivity contribution in [1.82, 2.24) is 15.3 Å². The Bertz CT molecular complexity index is 777. The summed E-state index contributed by atoms with van der Waals surface area (Å²) >= 11 is 0. The van der Waals surface area contributed by atoms with E-state index in [1.165, 1.54) is 12.1 Å².